The van der Waals surface area contributed by atoms with Gasteiger partial charge in [0.05, 0.1) is 17.0 Å². The van der Waals surface area contributed by atoms with Crippen molar-refractivity contribution in [2.75, 3.05) is 29.9 Å². The van der Waals surface area contributed by atoms with Crippen LogP contribution < -0.4 is 10.2 Å². The van der Waals surface area contributed by atoms with Crippen LogP contribution in [0.15, 0.2) is 24.3 Å². The van der Waals surface area contributed by atoms with Gasteiger partial charge in [-0.1, -0.05) is 12.1 Å². The summed E-state index contributed by atoms with van der Waals surface area (Å²) in [6.07, 6.45) is 2.44. The number of benzene rings is 1. The molecule has 20 heavy (non-hydrogen) atoms. The van der Waals surface area contributed by atoms with Crippen molar-refractivity contribution < 1.29 is 9.53 Å². The number of nitrogens with one attached hydrogen (secondary N) is 1. The van der Waals surface area contributed by atoms with Gasteiger partial charge in [-0.15, -0.1) is 0 Å². The highest BCUT2D eigenvalue weighted by molar-refractivity contribution is 5.95. The maximum Gasteiger partial charge on any atom is 0.250 e. The van der Waals surface area contributed by atoms with Crippen LogP contribution in [0.5, 0.6) is 0 Å². The zero-order chi connectivity index (χ0) is 14.6. The molecule has 4 heteroatoms. The Hall–Kier alpha value is -1.55. The van der Waals surface area contributed by atoms with Crippen molar-refractivity contribution in [1.29, 1.82) is 0 Å². The van der Waals surface area contributed by atoms with E-state index in [1.165, 1.54) is 12.8 Å². The zero-order valence-corrected chi connectivity index (χ0v) is 12.6. The number of carbonyl (C=O) groups excluding carboxylic acids is 1. The number of carbonyl (C=O) groups is 1. The third-order valence-electron chi connectivity index (χ3n) is 3.26. The molecular weight excluding hydrogens is 252 g/mol. The summed E-state index contributed by atoms with van der Waals surface area (Å²) in [7, 11) is 0. The normalized spacial score (nSPS) is 15.4. The first kappa shape index (κ1) is 14.9. The lowest BCUT2D eigenvalue weighted by atomic mass is 10.2. The minimum atomic E-state index is -0.300. The van der Waals surface area contributed by atoms with Gasteiger partial charge < -0.3 is 15.0 Å². The molecule has 0 radical (unpaired) electrons. The fraction of sp³-hybridized carbons (Fsp3) is 0.562. The second kappa shape index (κ2) is 6.27. The standard InChI is InChI=1S/C16H24N2O2/c1-16(2,3)20-12-15(19)17-13-8-4-5-9-14(13)18-10-6-7-11-18/h4-5,8-9H,6-7,10-12H2,1-3H3,(H,17,19). The molecule has 110 valence electrons. The molecule has 1 fully saturated rings. The molecular formula is C16H24N2O2. The van der Waals surface area contributed by atoms with E-state index in [0.29, 0.717) is 0 Å². The lowest BCUT2D eigenvalue weighted by molar-refractivity contribution is -0.125. The van der Waals surface area contributed by atoms with Crippen LogP contribution in [0.2, 0.25) is 0 Å². The van der Waals surface area contributed by atoms with Crippen LogP contribution in [0.4, 0.5) is 11.4 Å². The average molecular weight is 276 g/mol. The van der Waals surface area contributed by atoms with E-state index in [4.69, 9.17) is 4.74 Å². The first-order valence-electron chi connectivity index (χ1n) is 7.23. The Balaban J connectivity index is 2.00. The summed E-state index contributed by atoms with van der Waals surface area (Å²) < 4.78 is 5.50. The maximum absolute atomic E-state index is 12.0. The van der Waals surface area contributed by atoms with E-state index in [1.54, 1.807) is 0 Å². The molecule has 0 atom stereocenters. The van der Waals surface area contributed by atoms with Crippen molar-refractivity contribution in [3.05, 3.63) is 24.3 Å². The van der Waals surface area contributed by atoms with Crippen LogP contribution >= 0.6 is 0 Å². The molecule has 0 unspecified atom stereocenters. The molecule has 1 N–H and O–H groups in total. The van der Waals surface area contributed by atoms with Crippen LogP contribution in [0.1, 0.15) is 33.6 Å². The molecule has 0 aliphatic carbocycles. The summed E-state index contributed by atoms with van der Waals surface area (Å²) in [5.74, 6) is -0.105. The van der Waals surface area contributed by atoms with Crippen molar-refractivity contribution in [2.24, 2.45) is 0 Å². The molecule has 0 spiro atoms. The summed E-state index contributed by atoms with van der Waals surface area (Å²) in [6, 6.07) is 7.96. The summed E-state index contributed by atoms with van der Waals surface area (Å²) in [6.45, 7) is 8.03. The SMILES string of the molecule is CC(C)(C)OCC(=O)Nc1ccccc1N1CCCC1. The smallest absolute Gasteiger partial charge is 0.250 e. The molecule has 2 rings (SSSR count). The quantitative estimate of drug-likeness (QED) is 0.919. The average Bonchev–Trinajstić information content (AvgIpc) is 2.90. The van der Waals surface area contributed by atoms with Gasteiger partial charge in [0.1, 0.15) is 6.61 Å². The van der Waals surface area contributed by atoms with Gasteiger partial charge >= 0.3 is 0 Å². The number of amides is 1. The van der Waals surface area contributed by atoms with Gasteiger partial charge in [-0.05, 0) is 45.7 Å². The number of anilines is 2. The van der Waals surface area contributed by atoms with Crippen LogP contribution in [0.25, 0.3) is 0 Å². The minimum Gasteiger partial charge on any atom is -0.370 e. The van der Waals surface area contributed by atoms with E-state index < -0.39 is 0 Å². The molecule has 1 aromatic carbocycles. The van der Waals surface area contributed by atoms with E-state index in [1.807, 2.05) is 39.0 Å². The van der Waals surface area contributed by atoms with E-state index in [0.717, 1.165) is 24.5 Å². The molecule has 1 aliphatic rings. The monoisotopic (exact) mass is 276 g/mol. The Morgan fingerprint density at radius 1 is 1.25 bits per heavy atom. The highest BCUT2D eigenvalue weighted by atomic mass is 16.5. The predicted molar refractivity (Wildman–Crippen MR) is 82.2 cm³/mol. The van der Waals surface area contributed by atoms with Crippen LogP contribution in [0, 0.1) is 0 Å². The second-order valence-electron chi connectivity index (χ2n) is 6.16. The van der Waals surface area contributed by atoms with E-state index in [9.17, 15) is 4.79 Å². The zero-order valence-electron chi connectivity index (χ0n) is 12.6. The van der Waals surface area contributed by atoms with Crippen LogP contribution in [0.3, 0.4) is 0 Å². The Kier molecular flexibility index (Phi) is 4.65. The molecule has 1 aliphatic heterocycles. The summed E-state index contributed by atoms with van der Waals surface area (Å²) in [5.41, 5.74) is 1.68. The number of para-hydroxylation sites is 2. The van der Waals surface area contributed by atoms with Gasteiger partial charge in [0.2, 0.25) is 5.91 Å². The summed E-state index contributed by atoms with van der Waals surface area (Å²) in [5, 5.41) is 2.95. The topological polar surface area (TPSA) is 41.6 Å². The number of rotatable bonds is 4. The molecule has 1 saturated heterocycles. The minimum absolute atomic E-state index is 0.0812. The van der Waals surface area contributed by atoms with E-state index in [2.05, 4.69) is 16.3 Å². The Bertz CT molecular complexity index is 460. The fourth-order valence-electron chi connectivity index (χ4n) is 2.28. The van der Waals surface area contributed by atoms with Crippen molar-refractivity contribution in [3.8, 4) is 0 Å². The number of hydrogen-bond acceptors (Lipinski definition) is 3. The third-order valence-corrected chi connectivity index (χ3v) is 3.26. The Labute approximate surface area is 121 Å². The fourth-order valence-corrected chi connectivity index (χ4v) is 2.28. The molecule has 1 aromatic rings. The van der Waals surface area contributed by atoms with Crippen molar-refractivity contribution in [3.63, 3.8) is 0 Å². The maximum atomic E-state index is 12.0. The summed E-state index contributed by atoms with van der Waals surface area (Å²) >= 11 is 0. The van der Waals surface area contributed by atoms with Gasteiger partial charge in [0.25, 0.3) is 0 Å². The van der Waals surface area contributed by atoms with Gasteiger partial charge in [-0.2, -0.15) is 0 Å². The summed E-state index contributed by atoms with van der Waals surface area (Å²) in [4.78, 5) is 14.3. The predicted octanol–water partition coefficient (Wildman–Crippen LogP) is 3.04. The third kappa shape index (κ3) is 4.23. The highest BCUT2D eigenvalue weighted by Crippen LogP contribution is 2.28. The molecule has 1 heterocycles. The number of hydrogen-bond donors (Lipinski definition) is 1. The number of ether oxygens (including phenoxy) is 1. The van der Waals surface area contributed by atoms with Crippen molar-refractivity contribution in [1.82, 2.24) is 0 Å². The van der Waals surface area contributed by atoms with Crippen LogP contribution in [-0.4, -0.2) is 31.2 Å². The van der Waals surface area contributed by atoms with Crippen molar-refractivity contribution >= 4 is 17.3 Å². The molecule has 0 aromatic heterocycles. The van der Waals surface area contributed by atoms with Gasteiger partial charge in [-0.25, -0.2) is 0 Å². The van der Waals surface area contributed by atoms with Gasteiger partial charge in [0.15, 0.2) is 0 Å². The second-order valence-corrected chi connectivity index (χ2v) is 6.16. The largest absolute Gasteiger partial charge is 0.370 e. The highest BCUT2D eigenvalue weighted by Gasteiger charge is 2.17. The molecule has 0 bridgehead atoms. The first-order valence-corrected chi connectivity index (χ1v) is 7.23. The van der Waals surface area contributed by atoms with Gasteiger partial charge in [0, 0.05) is 13.1 Å². The van der Waals surface area contributed by atoms with Gasteiger partial charge in [-0.3, -0.25) is 4.79 Å². The lowest BCUT2D eigenvalue weighted by Crippen LogP contribution is -2.28. The van der Waals surface area contributed by atoms with Crippen molar-refractivity contribution in [2.45, 2.75) is 39.2 Å². The molecule has 0 saturated carbocycles. The Morgan fingerprint density at radius 3 is 2.55 bits per heavy atom. The lowest BCUT2D eigenvalue weighted by Gasteiger charge is -2.22. The molecule has 1 amide bonds. The Morgan fingerprint density at radius 2 is 1.90 bits per heavy atom. The van der Waals surface area contributed by atoms with E-state index >= 15 is 0 Å². The van der Waals surface area contributed by atoms with Crippen LogP contribution in [-0.2, 0) is 9.53 Å². The molecule has 4 nitrogen and oxygen atoms in total. The number of nitrogens with zero attached hydrogens (tertiary/aromatic N) is 1. The first-order chi connectivity index (χ1) is 9.46. The van der Waals surface area contributed by atoms with E-state index in [-0.39, 0.29) is 18.1 Å².